The molecule has 0 saturated heterocycles. The molecule has 3 aliphatic carbocycles. The summed E-state index contributed by atoms with van der Waals surface area (Å²) < 4.78 is 6.10. The van der Waals surface area contributed by atoms with Crippen molar-refractivity contribution in [3.05, 3.63) is 57.8 Å². The Balaban J connectivity index is 1.58. The number of nitrogens with two attached hydrogens (primary N) is 1. The van der Waals surface area contributed by atoms with Gasteiger partial charge in [0.25, 0.3) is 5.91 Å². The van der Waals surface area contributed by atoms with Crippen LogP contribution in [0.4, 0.5) is 5.69 Å². The van der Waals surface area contributed by atoms with Crippen molar-refractivity contribution in [2.75, 3.05) is 53.2 Å². The van der Waals surface area contributed by atoms with Crippen molar-refractivity contribution in [2.45, 2.75) is 31.4 Å². The molecule has 1 aromatic carbocycles. The van der Waals surface area contributed by atoms with Crippen LogP contribution < -0.4 is 10.6 Å². The van der Waals surface area contributed by atoms with Crippen LogP contribution in [0.25, 0.3) is 11.3 Å². The number of hydrogen-bond donors (Lipinski definition) is 5. The van der Waals surface area contributed by atoms with Crippen LogP contribution in [0.5, 0.6) is 5.75 Å². The first-order valence-electron chi connectivity index (χ1n) is 14.1. The summed E-state index contributed by atoms with van der Waals surface area (Å²) in [4.78, 5) is 45.2. The highest BCUT2D eigenvalue weighted by atomic mass is 16.4. The summed E-state index contributed by atoms with van der Waals surface area (Å²) in [5, 5.41) is 44.7. The van der Waals surface area contributed by atoms with Crippen LogP contribution in [0.3, 0.4) is 0 Å². The Morgan fingerprint density at radius 1 is 1.07 bits per heavy atom. The molecule has 3 atom stereocenters. The SMILES string of the molecule is CN(C)CCN(C)Cc1ccc(-c2cc(N(C)C)c3c(c2O)C(=O)C2=C(O)[C@]4(O)C(=O)C(C(N)=O)=C(O)C[C@@H]4C[C@@H]2C3)o1. The van der Waals surface area contributed by atoms with E-state index in [9.17, 15) is 34.8 Å². The van der Waals surface area contributed by atoms with Crippen LogP contribution in [0.15, 0.2) is 45.3 Å². The van der Waals surface area contributed by atoms with E-state index in [0.717, 1.165) is 13.1 Å². The number of phenols is 1. The Bertz CT molecular complexity index is 1590. The second-order valence-electron chi connectivity index (χ2n) is 12.3. The Hall–Kier alpha value is -4.13. The van der Waals surface area contributed by atoms with Gasteiger partial charge in [0.2, 0.25) is 5.78 Å². The molecule has 12 nitrogen and oxygen atoms in total. The summed E-state index contributed by atoms with van der Waals surface area (Å²) in [5.41, 5.74) is 3.11. The van der Waals surface area contributed by atoms with E-state index in [4.69, 9.17) is 10.2 Å². The highest BCUT2D eigenvalue weighted by Crippen LogP contribution is 2.53. The van der Waals surface area contributed by atoms with Crippen molar-refractivity contribution in [3.8, 4) is 17.1 Å². The van der Waals surface area contributed by atoms with Crippen molar-refractivity contribution < 1.29 is 39.2 Å². The van der Waals surface area contributed by atoms with Crippen molar-refractivity contribution in [1.29, 1.82) is 0 Å². The molecule has 230 valence electrons. The number of rotatable bonds is 8. The predicted octanol–water partition coefficient (Wildman–Crippen LogP) is 1.90. The van der Waals surface area contributed by atoms with Gasteiger partial charge < -0.3 is 40.4 Å². The lowest BCUT2D eigenvalue weighted by atomic mass is 9.60. The Labute approximate surface area is 249 Å². The van der Waals surface area contributed by atoms with Crippen LogP contribution in [-0.4, -0.2) is 102 Å². The molecule has 12 heteroatoms. The number of allylic oxidation sites excluding steroid dienone is 2. The van der Waals surface area contributed by atoms with Crippen LogP contribution in [-0.2, 0) is 22.6 Å². The molecule has 0 radical (unpaired) electrons. The van der Waals surface area contributed by atoms with Gasteiger partial charge in [0.1, 0.15) is 34.4 Å². The molecule has 1 heterocycles. The van der Waals surface area contributed by atoms with Gasteiger partial charge in [-0.25, -0.2) is 0 Å². The molecular formula is C31H38N4O8. The van der Waals surface area contributed by atoms with Crippen molar-refractivity contribution in [3.63, 3.8) is 0 Å². The largest absolute Gasteiger partial charge is 0.511 e. The van der Waals surface area contributed by atoms with Gasteiger partial charge in [-0.3, -0.25) is 19.3 Å². The number of aliphatic hydroxyl groups excluding tert-OH is 2. The molecule has 3 aliphatic rings. The molecule has 1 amide bonds. The first-order valence-corrected chi connectivity index (χ1v) is 14.1. The molecule has 0 fully saturated rings. The highest BCUT2D eigenvalue weighted by Gasteiger charge is 2.59. The van der Waals surface area contributed by atoms with Gasteiger partial charge in [-0.15, -0.1) is 0 Å². The number of aromatic hydroxyl groups is 1. The molecule has 0 bridgehead atoms. The number of Topliss-reactive ketones (excluding diaryl/α,β-unsaturated/α-hetero) is 2. The number of carbonyl (C=O) groups is 3. The zero-order valence-corrected chi connectivity index (χ0v) is 25.0. The van der Waals surface area contributed by atoms with Gasteiger partial charge in [-0.05, 0) is 63.7 Å². The topological polar surface area (TPSA) is 181 Å². The monoisotopic (exact) mass is 594 g/mol. The minimum absolute atomic E-state index is 0.0566. The molecule has 43 heavy (non-hydrogen) atoms. The van der Waals surface area contributed by atoms with E-state index in [1.165, 1.54) is 0 Å². The van der Waals surface area contributed by atoms with Crippen LogP contribution >= 0.6 is 0 Å². The highest BCUT2D eigenvalue weighted by molar-refractivity contribution is 6.24. The second kappa shape index (κ2) is 10.9. The van der Waals surface area contributed by atoms with Gasteiger partial charge in [0, 0.05) is 50.8 Å². The molecule has 1 aromatic heterocycles. The van der Waals surface area contributed by atoms with Crippen molar-refractivity contribution >= 4 is 23.2 Å². The third kappa shape index (κ3) is 4.89. The average molecular weight is 595 g/mol. The summed E-state index contributed by atoms with van der Waals surface area (Å²) in [6.45, 7) is 2.22. The lowest BCUT2D eigenvalue weighted by Crippen LogP contribution is -2.57. The summed E-state index contributed by atoms with van der Waals surface area (Å²) in [6, 6.07) is 5.29. The van der Waals surface area contributed by atoms with E-state index in [1.807, 2.05) is 46.2 Å². The fourth-order valence-corrected chi connectivity index (χ4v) is 6.58. The molecule has 0 aliphatic heterocycles. The third-order valence-corrected chi connectivity index (χ3v) is 8.80. The number of phenolic OH excluding ortho intramolecular Hbond substituents is 1. The van der Waals surface area contributed by atoms with Crippen molar-refractivity contribution in [2.24, 2.45) is 17.6 Å². The number of carbonyl (C=O) groups excluding carboxylic acids is 3. The lowest BCUT2D eigenvalue weighted by molar-refractivity contribution is -0.144. The number of ketones is 2. The minimum atomic E-state index is -2.61. The van der Waals surface area contributed by atoms with Crippen LogP contribution in [0.1, 0.15) is 34.5 Å². The number of nitrogens with zero attached hydrogens (tertiary/aromatic N) is 3. The molecule has 0 spiro atoms. The van der Waals surface area contributed by atoms with E-state index < -0.39 is 52.0 Å². The number of hydrogen-bond acceptors (Lipinski definition) is 11. The molecule has 5 rings (SSSR count). The predicted molar refractivity (Wildman–Crippen MR) is 158 cm³/mol. The minimum Gasteiger partial charge on any atom is -0.511 e. The average Bonchev–Trinajstić information content (AvgIpc) is 3.37. The number of primary amides is 1. The van der Waals surface area contributed by atoms with E-state index >= 15 is 0 Å². The maximum atomic E-state index is 14.1. The van der Waals surface area contributed by atoms with Gasteiger partial charge in [-0.2, -0.15) is 0 Å². The molecule has 2 aromatic rings. The Morgan fingerprint density at radius 3 is 2.40 bits per heavy atom. The van der Waals surface area contributed by atoms with Gasteiger partial charge in [-0.1, -0.05) is 0 Å². The zero-order valence-electron chi connectivity index (χ0n) is 25.0. The number of furan rings is 1. The molecular weight excluding hydrogens is 556 g/mol. The number of fused-ring (bicyclic) bond motifs is 3. The maximum absolute atomic E-state index is 14.1. The fourth-order valence-electron chi connectivity index (χ4n) is 6.58. The fraction of sp³-hybridized carbons (Fsp3) is 0.452. The van der Waals surface area contributed by atoms with Gasteiger partial charge in [0.05, 0.1) is 17.7 Å². The Morgan fingerprint density at radius 2 is 1.77 bits per heavy atom. The van der Waals surface area contributed by atoms with Crippen molar-refractivity contribution in [1.82, 2.24) is 9.80 Å². The quantitative estimate of drug-likeness (QED) is 0.282. The number of aliphatic hydroxyl groups is 3. The number of anilines is 1. The van der Waals surface area contributed by atoms with E-state index in [2.05, 4.69) is 9.80 Å². The Kier molecular flexibility index (Phi) is 7.66. The van der Waals surface area contributed by atoms with E-state index in [1.54, 1.807) is 12.1 Å². The maximum Gasteiger partial charge on any atom is 0.255 e. The molecule has 0 unspecified atom stereocenters. The first kappa shape index (κ1) is 30.3. The van der Waals surface area contributed by atoms with Gasteiger partial charge >= 0.3 is 0 Å². The summed E-state index contributed by atoms with van der Waals surface area (Å²) in [7, 11) is 9.59. The standard InChI is InChI=1S/C31H38N4O8/c1-33(2)8-9-35(5)14-17-6-7-22(43-17)19-13-20(34(3)4)18-11-15-10-16-12-21(36)25(30(32)41)29(40)31(16,42)28(39)23(15)27(38)24(18)26(19)37/h6-7,13,15-16,36-37,39,42H,8-12,14H2,1-5H3,(H2,32,41)/t15-,16+,31+/m1/s1. The molecule has 6 N–H and O–H groups in total. The normalized spacial score (nSPS) is 23.5. The summed E-state index contributed by atoms with van der Waals surface area (Å²) in [5.74, 6) is -5.57. The van der Waals surface area contributed by atoms with Crippen LogP contribution in [0.2, 0.25) is 0 Å². The van der Waals surface area contributed by atoms with Gasteiger partial charge in [0.15, 0.2) is 11.4 Å². The first-order chi connectivity index (χ1) is 20.2. The van der Waals surface area contributed by atoms with Crippen LogP contribution in [0, 0.1) is 11.8 Å². The van der Waals surface area contributed by atoms with E-state index in [-0.39, 0.29) is 41.7 Å². The third-order valence-electron chi connectivity index (χ3n) is 8.80. The summed E-state index contributed by atoms with van der Waals surface area (Å²) in [6.07, 6.45) is 0.0162. The smallest absolute Gasteiger partial charge is 0.255 e. The zero-order chi connectivity index (χ0) is 31.5. The van der Waals surface area contributed by atoms with E-state index in [0.29, 0.717) is 29.3 Å². The summed E-state index contributed by atoms with van der Waals surface area (Å²) >= 11 is 0. The second-order valence-corrected chi connectivity index (χ2v) is 12.3. The molecule has 0 saturated carbocycles. The lowest BCUT2D eigenvalue weighted by Gasteiger charge is -2.45. The number of likely N-dealkylation sites (N-methyl/N-ethyl adjacent to an activating group) is 2. The number of benzene rings is 1. The number of amides is 1.